The van der Waals surface area contributed by atoms with Gasteiger partial charge < -0.3 is 0 Å². The third kappa shape index (κ3) is 10.7. The van der Waals surface area contributed by atoms with E-state index in [2.05, 4.69) is 75.3 Å². The van der Waals surface area contributed by atoms with Gasteiger partial charge in [0.25, 0.3) is 0 Å². The summed E-state index contributed by atoms with van der Waals surface area (Å²) in [4.78, 5) is 0. The number of hydrogen-bond donors (Lipinski definition) is 0. The van der Waals surface area contributed by atoms with E-state index in [4.69, 9.17) is 0 Å². The standard InChI is InChI=1S/C20H37P/c1-5-9-13-17-21(18-14-10-6-2,19-15-11-7-3)20-16-12-8-4/h13-21H,5-12H2,1-4H3. The Kier molecular flexibility index (Phi) is 13.9. The second-order valence-corrected chi connectivity index (χ2v) is 9.10. The quantitative estimate of drug-likeness (QED) is 0.320. The van der Waals surface area contributed by atoms with E-state index in [-0.39, 0.29) is 0 Å². The molecular formula is C20H37P. The van der Waals surface area contributed by atoms with Crippen LogP contribution in [0.3, 0.4) is 0 Å². The van der Waals surface area contributed by atoms with Gasteiger partial charge >= 0.3 is 134 Å². The fourth-order valence-electron chi connectivity index (χ4n) is 2.15. The van der Waals surface area contributed by atoms with E-state index in [9.17, 15) is 0 Å². The summed E-state index contributed by atoms with van der Waals surface area (Å²) in [6.45, 7) is 9.00. The van der Waals surface area contributed by atoms with E-state index in [0.29, 0.717) is 0 Å². The van der Waals surface area contributed by atoms with E-state index in [0.717, 1.165) is 0 Å². The summed E-state index contributed by atoms with van der Waals surface area (Å²) < 4.78 is 0. The van der Waals surface area contributed by atoms with Gasteiger partial charge in [-0.2, -0.15) is 0 Å². The summed E-state index contributed by atoms with van der Waals surface area (Å²) >= 11 is 0. The van der Waals surface area contributed by atoms with Crippen LogP contribution in [0.2, 0.25) is 0 Å². The van der Waals surface area contributed by atoms with E-state index in [1.807, 2.05) is 0 Å². The third-order valence-electron chi connectivity index (χ3n) is 3.45. The van der Waals surface area contributed by atoms with Crippen LogP contribution in [0.1, 0.15) is 79.1 Å². The van der Waals surface area contributed by atoms with Gasteiger partial charge in [0, 0.05) is 0 Å². The van der Waals surface area contributed by atoms with Gasteiger partial charge in [-0.25, -0.2) is 0 Å². The molecule has 21 heavy (non-hydrogen) atoms. The second kappa shape index (κ2) is 14.3. The number of rotatable bonds is 12. The van der Waals surface area contributed by atoms with E-state index < -0.39 is 7.26 Å². The molecule has 0 aliphatic heterocycles. The number of allylic oxidation sites excluding steroid dienone is 4. The molecule has 0 spiro atoms. The first-order valence-electron chi connectivity index (χ1n) is 8.95. The molecule has 0 nitrogen and oxygen atoms in total. The van der Waals surface area contributed by atoms with E-state index in [1.165, 1.54) is 51.4 Å². The van der Waals surface area contributed by atoms with Crippen molar-refractivity contribution in [2.75, 3.05) is 0 Å². The zero-order valence-electron chi connectivity index (χ0n) is 14.8. The van der Waals surface area contributed by atoms with Crippen LogP contribution in [0.15, 0.2) is 47.6 Å². The van der Waals surface area contributed by atoms with Gasteiger partial charge in [-0.15, -0.1) is 0 Å². The van der Waals surface area contributed by atoms with Crippen LogP contribution >= 0.6 is 7.26 Å². The van der Waals surface area contributed by atoms with Crippen molar-refractivity contribution in [2.24, 2.45) is 0 Å². The Bertz CT molecular complexity index is 264. The van der Waals surface area contributed by atoms with Crippen LogP contribution in [0.5, 0.6) is 0 Å². The molecule has 0 aromatic heterocycles. The molecule has 0 unspecified atom stereocenters. The molecule has 0 aliphatic carbocycles. The third-order valence-corrected chi connectivity index (χ3v) is 6.70. The predicted molar refractivity (Wildman–Crippen MR) is 105 cm³/mol. The van der Waals surface area contributed by atoms with Gasteiger partial charge in [0.1, 0.15) is 0 Å². The van der Waals surface area contributed by atoms with Gasteiger partial charge in [0.05, 0.1) is 0 Å². The van der Waals surface area contributed by atoms with Crippen LogP contribution in [0.25, 0.3) is 0 Å². The average molecular weight is 308 g/mol. The molecule has 0 aromatic carbocycles. The molecule has 0 saturated heterocycles. The summed E-state index contributed by atoms with van der Waals surface area (Å²) in [5.74, 6) is 10.1. The topological polar surface area (TPSA) is 0 Å². The Morgan fingerprint density at radius 3 is 0.905 bits per heavy atom. The van der Waals surface area contributed by atoms with Crippen molar-refractivity contribution in [3.63, 3.8) is 0 Å². The van der Waals surface area contributed by atoms with Crippen molar-refractivity contribution in [1.82, 2.24) is 0 Å². The van der Waals surface area contributed by atoms with Crippen molar-refractivity contribution in [3.8, 4) is 0 Å². The molecular weight excluding hydrogens is 271 g/mol. The molecule has 122 valence electrons. The Morgan fingerprint density at radius 2 is 0.714 bits per heavy atom. The van der Waals surface area contributed by atoms with Crippen molar-refractivity contribution >= 4 is 7.26 Å². The molecule has 0 N–H and O–H groups in total. The Labute approximate surface area is 134 Å². The fraction of sp³-hybridized carbons (Fsp3) is 0.600. The second-order valence-electron chi connectivity index (χ2n) is 5.76. The van der Waals surface area contributed by atoms with Gasteiger partial charge in [0.15, 0.2) is 0 Å². The van der Waals surface area contributed by atoms with Crippen molar-refractivity contribution in [1.29, 1.82) is 0 Å². The van der Waals surface area contributed by atoms with Crippen LogP contribution in [0, 0.1) is 0 Å². The Hall–Kier alpha value is -0.610. The fourth-order valence-corrected chi connectivity index (χ4v) is 5.12. The molecule has 0 rings (SSSR count). The molecule has 0 amide bonds. The molecule has 0 radical (unpaired) electrons. The van der Waals surface area contributed by atoms with E-state index in [1.54, 1.807) is 0 Å². The SMILES string of the molecule is CCCC=C[PH](C=CCCC)(C=CCCC)C=CCCC. The number of unbranched alkanes of at least 4 members (excludes halogenated alkanes) is 4. The van der Waals surface area contributed by atoms with Crippen molar-refractivity contribution < 1.29 is 0 Å². The van der Waals surface area contributed by atoms with Crippen molar-refractivity contribution in [2.45, 2.75) is 79.1 Å². The van der Waals surface area contributed by atoms with Gasteiger partial charge in [0.2, 0.25) is 0 Å². The van der Waals surface area contributed by atoms with Gasteiger partial charge in [-0.05, 0) is 0 Å². The normalized spacial score (nSPS) is 14.3. The average Bonchev–Trinajstić information content (AvgIpc) is 2.48. The maximum absolute atomic E-state index is 2.51. The first-order chi connectivity index (χ1) is 10.2. The first kappa shape index (κ1) is 20.4. The van der Waals surface area contributed by atoms with Crippen LogP contribution < -0.4 is 0 Å². The zero-order valence-corrected chi connectivity index (χ0v) is 15.8. The zero-order chi connectivity index (χ0) is 15.8. The van der Waals surface area contributed by atoms with Crippen molar-refractivity contribution in [3.05, 3.63) is 47.6 Å². The summed E-state index contributed by atoms with van der Waals surface area (Å²) in [5, 5.41) is 0. The summed E-state index contributed by atoms with van der Waals surface area (Å²) in [6.07, 6.45) is 19.3. The first-order valence-corrected chi connectivity index (χ1v) is 11.3. The van der Waals surface area contributed by atoms with Crippen LogP contribution in [-0.4, -0.2) is 0 Å². The van der Waals surface area contributed by atoms with Gasteiger partial charge in [-0.1, -0.05) is 0 Å². The van der Waals surface area contributed by atoms with E-state index >= 15 is 0 Å². The minimum absolute atomic E-state index is 1.19. The molecule has 0 bridgehead atoms. The van der Waals surface area contributed by atoms with Crippen LogP contribution in [0.4, 0.5) is 0 Å². The molecule has 1 heteroatoms. The summed E-state index contributed by atoms with van der Waals surface area (Å²) in [7, 11) is -1.67. The molecule has 0 aliphatic rings. The number of hydrogen-bond acceptors (Lipinski definition) is 0. The Balaban J connectivity index is 5.24. The molecule has 0 atom stereocenters. The summed E-state index contributed by atoms with van der Waals surface area (Å²) in [6, 6.07) is 0. The predicted octanol–water partition coefficient (Wildman–Crippen LogP) is 7.99. The maximum atomic E-state index is 2.51. The molecule has 0 saturated carbocycles. The summed E-state index contributed by atoms with van der Waals surface area (Å²) in [5.41, 5.74) is 0. The molecule has 0 heterocycles. The monoisotopic (exact) mass is 308 g/mol. The molecule has 0 fully saturated rings. The van der Waals surface area contributed by atoms with Crippen LogP contribution in [-0.2, 0) is 0 Å². The molecule has 0 aromatic rings. The van der Waals surface area contributed by atoms with Gasteiger partial charge in [-0.3, -0.25) is 0 Å². The Morgan fingerprint density at radius 1 is 0.476 bits per heavy atom. The minimum atomic E-state index is -1.67.